The number of hydrogen-bond acceptors (Lipinski definition) is 4. The van der Waals surface area contributed by atoms with Crippen LogP contribution < -0.4 is 15.8 Å². The van der Waals surface area contributed by atoms with Gasteiger partial charge in [0.2, 0.25) is 0 Å². The van der Waals surface area contributed by atoms with Gasteiger partial charge in [0.15, 0.2) is 0 Å². The first kappa shape index (κ1) is 17.3. The van der Waals surface area contributed by atoms with Crippen molar-refractivity contribution >= 4 is 17.2 Å². The largest absolute Gasteiger partial charge is 0.377 e. The summed E-state index contributed by atoms with van der Waals surface area (Å²) in [4.78, 5) is 20.8. The molecule has 1 N–H and O–H groups in total. The predicted molar refractivity (Wildman–Crippen MR) is 119 cm³/mol. The Morgan fingerprint density at radius 3 is 2.67 bits per heavy atom. The molecule has 0 bridgehead atoms. The van der Waals surface area contributed by atoms with Gasteiger partial charge in [0.05, 0.1) is 11.6 Å². The van der Waals surface area contributed by atoms with E-state index in [0.717, 1.165) is 36.6 Å². The number of nitrogens with zero attached hydrogens (tertiary/aromatic N) is 3. The fourth-order valence-corrected chi connectivity index (χ4v) is 4.92. The monoisotopic (exact) mass is 394 g/mol. The minimum atomic E-state index is -0.0287. The van der Waals surface area contributed by atoms with Crippen molar-refractivity contribution in [2.45, 2.75) is 19.0 Å². The first-order valence-corrected chi connectivity index (χ1v) is 10.4. The third-order valence-electron chi connectivity index (χ3n) is 6.31. The van der Waals surface area contributed by atoms with Gasteiger partial charge in [-0.25, -0.2) is 4.98 Å². The molecule has 0 amide bonds. The lowest BCUT2D eigenvalue weighted by molar-refractivity contribution is 0.406. The first-order chi connectivity index (χ1) is 14.8. The average Bonchev–Trinajstić information content (AvgIpc) is 2.79. The summed E-state index contributed by atoms with van der Waals surface area (Å²) >= 11 is 0. The number of pyridine rings is 1. The normalized spacial score (nSPS) is 19.5. The predicted octanol–water partition coefficient (Wildman–Crippen LogP) is 4.04. The van der Waals surface area contributed by atoms with Crippen molar-refractivity contribution in [2.24, 2.45) is 5.92 Å². The zero-order chi connectivity index (χ0) is 20.1. The molecule has 2 aliphatic heterocycles. The zero-order valence-corrected chi connectivity index (χ0v) is 16.5. The summed E-state index contributed by atoms with van der Waals surface area (Å²) in [7, 11) is 0. The van der Waals surface area contributed by atoms with Gasteiger partial charge in [0.1, 0.15) is 11.5 Å². The molecule has 2 aliphatic rings. The van der Waals surface area contributed by atoms with Gasteiger partial charge in [-0.15, -0.1) is 0 Å². The fraction of sp³-hybridized carbons (Fsp3) is 0.200. The summed E-state index contributed by atoms with van der Waals surface area (Å²) in [6.45, 7) is 1.61. The quantitative estimate of drug-likeness (QED) is 0.558. The Morgan fingerprint density at radius 1 is 0.967 bits per heavy atom. The minimum absolute atomic E-state index is 0.0234. The number of hydrogen-bond donors (Lipinski definition) is 1. The van der Waals surface area contributed by atoms with Gasteiger partial charge in [-0.2, -0.15) is 0 Å². The van der Waals surface area contributed by atoms with Crippen molar-refractivity contribution in [1.82, 2.24) is 9.38 Å². The second-order valence-electron chi connectivity index (χ2n) is 8.19. The number of benzene rings is 2. The second kappa shape index (κ2) is 6.73. The zero-order valence-electron chi connectivity index (χ0n) is 16.5. The fourth-order valence-electron chi connectivity index (χ4n) is 4.92. The summed E-state index contributed by atoms with van der Waals surface area (Å²) in [6.07, 6.45) is 2.77. The van der Waals surface area contributed by atoms with Gasteiger partial charge >= 0.3 is 0 Å². The van der Waals surface area contributed by atoms with Crippen LogP contribution in [0.3, 0.4) is 0 Å². The van der Waals surface area contributed by atoms with Gasteiger partial charge in [-0.05, 0) is 35.7 Å². The highest BCUT2D eigenvalue weighted by molar-refractivity contribution is 5.63. The van der Waals surface area contributed by atoms with Gasteiger partial charge < -0.3 is 10.2 Å². The molecule has 2 aromatic heterocycles. The van der Waals surface area contributed by atoms with Crippen molar-refractivity contribution in [2.75, 3.05) is 16.8 Å². The molecular formula is C25H22N4O. The third-order valence-corrected chi connectivity index (χ3v) is 6.31. The van der Waals surface area contributed by atoms with E-state index >= 15 is 0 Å². The van der Waals surface area contributed by atoms with Crippen molar-refractivity contribution in [1.29, 1.82) is 0 Å². The van der Waals surface area contributed by atoms with E-state index in [1.807, 2.05) is 36.5 Å². The smallest absolute Gasteiger partial charge is 0.265 e. The number of nitrogens with one attached hydrogen (secondary N) is 1. The Morgan fingerprint density at radius 2 is 1.77 bits per heavy atom. The summed E-state index contributed by atoms with van der Waals surface area (Å²) in [5.74, 6) is 1.12. The van der Waals surface area contributed by atoms with E-state index in [0.29, 0.717) is 11.6 Å². The van der Waals surface area contributed by atoms with E-state index in [1.54, 1.807) is 4.40 Å². The Labute approximate surface area is 174 Å². The lowest BCUT2D eigenvalue weighted by Crippen LogP contribution is -2.46. The molecule has 5 heteroatoms. The second-order valence-corrected chi connectivity index (χ2v) is 8.19. The number of aromatic nitrogens is 2. The molecule has 2 aromatic carbocycles. The van der Waals surface area contributed by atoms with Crippen LogP contribution in [0.2, 0.25) is 0 Å². The molecule has 2 atom stereocenters. The van der Waals surface area contributed by atoms with Crippen LogP contribution in [-0.4, -0.2) is 15.9 Å². The summed E-state index contributed by atoms with van der Waals surface area (Å²) in [5.41, 5.74) is 5.15. The average molecular weight is 394 g/mol. The molecule has 0 fully saturated rings. The molecule has 5 nitrogen and oxygen atoms in total. The van der Waals surface area contributed by atoms with Crippen molar-refractivity contribution < 1.29 is 0 Å². The molecule has 0 spiro atoms. The van der Waals surface area contributed by atoms with Crippen molar-refractivity contribution in [3.63, 3.8) is 0 Å². The Bertz CT molecular complexity index is 1300. The standard InChI is InChI=1S/C25H22N4O/c30-25-22-23-19(14-18-10-4-5-11-20(18)26-23)16-28(15-17-8-2-1-3-9-17)24(22)27-21-12-6-7-13-29(21)25/h1-13,19,23,26H,14-16H2/t19-,23-/m1/s1. The molecule has 6 rings (SSSR count). The molecule has 0 aliphatic carbocycles. The number of fused-ring (bicyclic) bond motifs is 5. The summed E-state index contributed by atoms with van der Waals surface area (Å²) in [5, 5.41) is 3.67. The maximum Gasteiger partial charge on any atom is 0.265 e. The first-order valence-electron chi connectivity index (χ1n) is 10.4. The molecule has 30 heavy (non-hydrogen) atoms. The van der Waals surface area contributed by atoms with Crippen LogP contribution >= 0.6 is 0 Å². The summed E-state index contributed by atoms with van der Waals surface area (Å²) in [6, 6.07) is 24.5. The molecule has 148 valence electrons. The molecule has 4 aromatic rings. The van der Waals surface area contributed by atoms with Crippen LogP contribution in [0.4, 0.5) is 11.5 Å². The van der Waals surface area contributed by atoms with Crippen LogP contribution in [0.25, 0.3) is 5.65 Å². The number of anilines is 2. The minimum Gasteiger partial charge on any atom is -0.377 e. The van der Waals surface area contributed by atoms with Crippen LogP contribution in [-0.2, 0) is 13.0 Å². The highest BCUT2D eigenvalue weighted by atomic mass is 16.1. The van der Waals surface area contributed by atoms with E-state index in [9.17, 15) is 4.79 Å². The maximum absolute atomic E-state index is 13.6. The lowest BCUT2D eigenvalue weighted by Gasteiger charge is -2.43. The number of para-hydroxylation sites is 1. The van der Waals surface area contributed by atoms with Crippen LogP contribution in [0, 0.1) is 5.92 Å². The van der Waals surface area contributed by atoms with E-state index < -0.39 is 0 Å². The third kappa shape index (κ3) is 2.70. The molecular weight excluding hydrogens is 372 g/mol. The highest BCUT2D eigenvalue weighted by Crippen LogP contribution is 2.42. The number of rotatable bonds is 2. The van der Waals surface area contributed by atoms with Crippen molar-refractivity contribution in [3.8, 4) is 0 Å². The van der Waals surface area contributed by atoms with Crippen LogP contribution in [0.15, 0.2) is 83.8 Å². The topological polar surface area (TPSA) is 49.6 Å². The van der Waals surface area contributed by atoms with E-state index in [2.05, 4.69) is 52.7 Å². The molecule has 4 heterocycles. The van der Waals surface area contributed by atoms with Gasteiger partial charge in [-0.3, -0.25) is 9.20 Å². The van der Waals surface area contributed by atoms with E-state index in [-0.39, 0.29) is 11.6 Å². The Kier molecular flexibility index (Phi) is 3.88. The molecule has 0 unspecified atom stereocenters. The van der Waals surface area contributed by atoms with E-state index in [1.165, 1.54) is 11.1 Å². The van der Waals surface area contributed by atoms with Gasteiger partial charge in [0, 0.05) is 30.9 Å². The van der Waals surface area contributed by atoms with E-state index in [4.69, 9.17) is 4.98 Å². The van der Waals surface area contributed by atoms with Crippen LogP contribution in [0.5, 0.6) is 0 Å². The molecule has 0 radical (unpaired) electrons. The van der Waals surface area contributed by atoms with Gasteiger partial charge in [-0.1, -0.05) is 54.6 Å². The van der Waals surface area contributed by atoms with Gasteiger partial charge in [0.25, 0.3) is 5.56 Å². The SMILES string of the molecule is O=c1c2c(nc3ccccn13)N(Cc1ccccc1)C[C@H]1Cc3ccccc3N[C@@H]21. The lowest BCUT2D eigenvalue weighted by atomic mass is 9.81. The molecule has 0 saturated carbocycles. The highest BCUT2D eigenvalue weighted by Gasteiger charge is 2.40. The Hall–Kier alpha value is -3.60. The maximum atomic E-state index is 13.6. The van der Waals surface area contributed by atoms with Crippen LogP contribution in [0.1, 0.15) is 22.7 Å². The molecule has 0 saturated heterocycles. The Balaban J connectivity index is 1.53. The van der Waals surface area contributed by atoms with Crippen molar-refractivity contribution in [3.05, 3.63) is 106 Å². The summed E-state index contributed by atoms with van der Waals surface area (Å²) < 4.78 is 1.67.